The van der Waals surface area contributed by atoms with Crippen LogP contribution < -0.4 is 10.3 Å². The fourth-order valence-corrected chi connectivity index (χ4v) is 4.91. The van der Waals surface area contributed by atoms with E-state index in [1.54, 1.807) is 17.1 Å². The molecule has 3 aromatic rings. The summed E-state index contributed by atoms with van der Waals surface area (Å²) in [6.45, 7) is 0.433. The molecule has 1 fully saturated rings. The number of nitrogens with zero attached hydrogens (tertiary/aromatic N) is 5. The van der Waals surface area contributed by atoms with E-state index in [1.807, 2.05) is 35.6 Å². The van der Waals surface area contributed by atoms with Crippen molar-refractivity contribution in [2.45, 2.75) is 19.0 Å². The monoisotopic (exact) mass is 462 g/mol. The van der Waals surface area contributed by atoms with Crippen molar-refractivity contribution in [1.29, 1.82) is 0 Å². The molecule has 1 N–H and O–H groups in total. The van der Waals surface area contributed by atoms with Gasteiger partial charge in [-0.3, -0.25) is 14.5 Å². The highest BCUT2D eigenvalue weighted by atomic mass is 35.5. The minimum Gasteiger partial charge on any atom is -0.370 e. The third kappa shape index (κ3) is 3.12. The molecule has 2 aliphatic heterocycles. The average Bonchev–Trinajstić information content (AvgIpc) is 3.28. The lowest BCUT2D eigenvalue weighted by Crippen LogP contribution is -2.51. The molecule has 1 saturated heterocycles. The molecule has 32 heavy (non-hydrogen) atoms. The highest BCUT2D eigenvalue weighted by molar-refractivity contribution is 6.34. The number of hydrogen-bond acceptors (Lipinski definition) is 5. The number of benzene rings is 1. The van der Waals surface area contributed by atoms with Crippen LogP contribution in [0.2, 0.25) is 5.02 Å². The second-order valence-electron chi connectivity index (χ2n) is 8.03. The summed E-state index contributed by atoms with van der Waals surface area (Å²) in [5.41, 5.74) is 2.60. The standard InChI is InChI=1S/C21H18ClF3N6O/c1-30-16-3-2-12(8-13(16)9-27-30)14-10-26-11-15(22)17(14)31-6-4-20(5-7-31)18(21(23,24)25)28-29-19(20)32/h2-3,8-11H,4-7H2,1H3,(H,29,32). The van der Waals surface area contributed by atoms with Crippen LogP contribution in [0.5, 0.6) is 0 Å². The summed E-state index contributed by atoms with van der Waals surface area (Å²) in [6.07, 6.45) is 0.262. The van der Waals surface area contributed by atoms with Gasteiger partial charge in [-0.1, -0.05) is 17.7 Å². The molecule has 0 atom stereocenters. The summed E-state index contributed by atoms with van der Waals surface area (Å²) >= 11 is 6.51. The maximum atomic E-state index is 13.5. The van der Waals surface area contributed by atoms with Gasteiger partial charge < -0.3 is 4.90 Å². The van der Waals surface area contributed by atoms with Crippen molar-refractivity contribution in [1.82, 2.24) is 20.2 Å². The predicted octanol–water partition coefficient (Wildman–Crippen LogP) is 3.92. The number of fused-ring (bicyclic) bond motifs is 1. The molecular weight excluding hydrogens is 445 g/mol. The topological polar surface area (TPSA) is 75.4 Å². The molecule has 166 valence electrons. The number of piperidine rings is 1. The van der Waals surface area contributed by atoms with Crippen LogP contribution >= 0.6 is 11.6 Å². The number of anilines is 1. The molecule has 0 aliphatic carbocycles. The number of rotatable bonds is 2. The van der Waals surface area contributed by atoms with Gasteiger partial charge >= 0.3 is 6.18 Å². The van der Waals surface area contributed by atoms with Crippen molar-refractivity contribution in [3.63, 3.8) is 0 Å². The van der Waals surface area contributed by atoms with E-state index in [0.29, 0.717) is 10.7 Å². The molecular formula is C21H18ClF3N6O. The van der Waals surface area contributed by atoms with Gasteiger partial charge in [0.15, 0.2) is 5.71 Å². The van der Waals surface area contributed by atoms with E-state index in [9.17, 15) is 18.0 Å². The number of amides is 1. The Kier molecular flexibility index (Phi) is 4.66. The molecule has 7 nitrogen and oxygen atoms in total. The van der Waals surface area contributed by atoms with Crippen LogP contribution in [0.4, 0.5) is 18.9 Å². The number of carbonyl (C=O) groups is 1. The Morgan fingerprint density at radius 1 is 1.16 bits per heavy atom. The van der Waals surface area contributed by atoms with E-state index in [0.717, 1.165) is 22.0 Å². The number of carbonyl (C=O) groups excluding carboxylic acids is 1. The number of hydrogen-bond donors (Lipinski definition) is 1. The number of nitrogens with one attached hydrogen (secondary N) is 1. The number of aromatic nitrogens is 3. The molecule has 1 aromatic carbocycles. The van der Waals surface area contributed by atoms with Crippen LogP contribution in [0, 0.1) is 5.41 Å². The first-order valence-electron chi connectivity index (χ1n) is 9.97. The molecule has 11 heteroatoms. The zero-order valence-corrected chi connectivity index (χ0v) is 17.7. The molecule has 5 rings (SSSR count). The fourth-order valence-electron chi connectivity index (χ4n) is 4.63. The number of hydrazone groups is 1. The van der Waals surface area contributed by atoms with Gasteiger partial charge in [-0.05, 0) is 30.5 Å². The summed E-state index contributed by atoms with van der Waals surface area (Å²) in [4.78, 5) is 18.5. The third-order valence-corrected chi connectivity index (χ3v) is 6.57. The van der Waals surface area contributed by atoms with Crippen LogP contribution in [0.1, 0.15) is 12.8 Å². The average molecular weight is 463 g/mol. The minimum absolute atomic E-state index is 0.0170. The van der Waals surface area contributed by atoms with Crippen molar-refractivity contribution in [2.75, 3.05) is 18.0 Å². The molecule has 1 spiro atoms. The van der Waals surface area contributed by atoms with Gasteiger partial charge in [0.25, 0.3) is 5.91 Å². The molecule has 0 unspecified atom stereocenters. The Balaban J connectivity index is 1.49. The van der Waals surface area contributed by atoms with Crippen molar-refractivity contribution in [2.24, 2.45) is 17.6 Å². The Labute approximate surface area is 185 Å². The van der Waals surface area contributed by atoms with Gasteiger partial charge in [-0.15, -0.1) is 0 Å². The highest BCUT2D eigenvalue weighted by Gasteiger charge is 2.59. The Bertz CT molecular complexity index is 1260. The van der Waals surface area contributed by atoms with Crippen LogP contribution in [0.25, 0.3) is 22.0 Å². The van der Waals surface area contributed by atoms with Crippen molar-refractivity contribution in [3.8, 4) is 11.1 Å². The first-order valence-corrected chi connectivity index (χ1v) is 10.3. The van der Waals surface area contributed by atoms with E-state index in [2.05, 4.69) is 15.2 Å². The van der Waals surface area contributed by atoms with Crippen LogP contribution in [0.15, 0.2) is 41.9 Å². The van der Waals surface area contributed by atoms with Gasteiger partial charge in [0, 0.05) is 43.5 Å². The smallest absolute Gasteiger partial charge is 0.370 e. The largest absolute Gasteiger partial charge is 0.432 e. The number of aryl methyl sites for hydroxylation is 1. The van der Waals surface area contributed by atoms with Crippen molar-refractivity contribution < 1.29 is 18.0 Å². The Hall–Kier alpha value is -3.14. The van der Waals surface area contributed by atoms with Gasteiger partial charge in [0.1, 0.15) is 5.41 Å². The molecule has 0 saturated carbocycles. The van der Waals surface area contributed by atoms with Crippen LogP contribution in [0.3, 0.4) is 0 Å². The van der Waals surface area contributed by atoms with Crippen LogP contribution in [-0.2, 0) is 11.8 Å². The molecule has 2 aromatic heterocycles. The van der Waals surface area contributed by atoms with Gasteiger partial charge in [0.2, 0.25) is 0 Å². The van der Waals surface area contributed by atoms with Crippen molar-refractivity contribution >= 4 is 39.8 Å². The quantitative estimate of drug-likeness (QED) is 0.626. The lowest BCUT2D eigenvalue weighted by atomic mass is 9.74. The predicted molar refractivity (Wildman–Crippen MR) is 114 cm³/mol. The Morgan fingerprint density at radius 3 is 2.62 bits per heavy atom. The van der Waals surface area contributed by atoms with Gasteiger partial charge in [0.05, 0.1) is 22.4 Å². The lowest BCUT2D eigenvalue weighted by molar-refractivity contribution is -0.128. The van der Waals surface area contributed by atoms with E-state index >= 15 is 0 Å². The number of pyridine rings is 1. The zero-order chi connectivity index (χ0) is 22.7. The SMILES string of the molecule is Cn1ncc2cc(-c3cncc(Cl)c3N3CCC4(CC3)C(=O)NN=C4C(F)(F)F)ccc21. The lowest BCUT2D eigenvalue weighted by Gasteiger charge is -2.40. The van der Waals surface area contributed by atoms with E-state index in [-0.39, 0.29) is 25.9 Å². The summed E-state index contributed by atoms with van der Waals surface area (Å²) < 4.78 is 42.2. The summed E-state index contributed by atoms with van der Waals surface area (Å²) in [5, 5.41) is 8.90. The maximum absolute atomic E-state index is 13.5. The van der Waals surface area contributed by atoms with E-state index in [4.69, 9.17) is 11.6 Å². The second kappa shape index (κ2) is 7.19. The highest BCUT2D eigenvalue weighted by Crippen LogP contribution is 2.45. The van der Waals surface area contributed by atoms with Gasteiger partial charge in [-0.2, -0.15) is 23.4 Å². The molecule has 2 aliphatic rings. The zero-order valence-electron chi connectivity index (χ0n) is 16.9. The molecule has 0 bridgehead atoms. The minimum atomic E-state index is -4.67. The third-order valence-electron chi connectivity index (χ3n) is 6.29. The second-order valence-corrected chi connectivity index (χ2v) is 8.43. The maximum Gasteiger partial charge on any atom is 0.432 e. The number of alkyl halides is 3. The first-order chi connectivity index (χ1) is 15.2. The molecule has 0 radical (unpaired) electrons. The van der Waals surface area contributed by atoms with Gasteiger partial charge in [-0.25, -0.2) is 5.43 Å². The normalized spacial score (nSPS) is 18.3. The summed E-state index contributed by atoms with van der Waals surface area (Å²) in [6, 6.07) is 5.86. The van der Waals surface area contributed by atoms with E-state index < -0.39 is 23.2 Å². The number of halogens is 4. The summed E-state index contributed by atoms with van der Waals surface area (Å²) in [7, 11) is 1.86. The molecule has 4 heterocycles. The first kappa shape index (κ1) is 20.7. The van der Waals surface area contributed by atoms with Crippen molar-refractivity contribution in [3.05, 3.63) is 41.8 Å². The molecule has 1 amide bonds. The van der Waals surface area contributed by atoms with Crippen LogP contribution in [-0.4, -0.2) is 45.6 Å². The van der Waals surface area contributed by atoms with E-state index in [1.165, 1.54) is 6.20 Å². The summed E-state index contributed by atoms with van der Waals surface area (Å²) in [5.74, 6) is -0.701. The fraction of sp³-hybridized carbons (Fsp3) is 0.333. The Morgan fingerprint density at radius 2 is 1.91 bits per heavy atom.